The molecule has 12 heteroatoms. The number of hydrogen-bond acceptors (Lipinski definition) is 8. The molecule has 204 valence electrons. The molecule has 1 aliphatic carbocycles. The summed E-state index contributed by atoms with van der Waals surface area (Å²) in [5.41, 5.74) is 6.73. The molecule has 5 rings (SSSR count). The van der Waals surface area contributed by atoms with Crippen LogP contribution in [0.3, 0.4) is 0 Å². The average Bonchev–Trinajstić information content (AvgIpc) is 3.59. The zero-order valence-electron chi connectivity index (χ0n) is 21.1. The SMILES string of the molecule is NC1CCC(C(NC(=O)[C@@H]2CC[C@H]3CN(S(=O)(=O)Cc4ccccc4)CC(=O)N32)C(=O)c2nccs2)CC1. The van der Waals surface area contributed by atoms with E-state index >= 15 is 0 Å². The summed E-state index contributed by atoms with van der Waals surface area (Å²) in [6.45, 7) is -0.135. The van der Waals surface area contributed by atoms with Crippen molar-refractivity contribution >= 4 is 39.0 Å². The monoisotopic (exact) mass is 559 g/mol. The van der Waals surface area contributed by atoms with Crippen LogP contribution in [0.4, 0.5) is 0 Å². The number of rotatable bonds is 8. The highest BCUT2D eigenvalue weighted by atomic mass is 32.2. The third kappa shape index (κ3) is 5.68. The molecule has 3 fully saturated rings. The number of ketones is 1. The highest BCUT2D eigenvalue weighted by Gasteiger charge is 2.48. The smallest absolute Gasteiger partial charge is 0.243 e. The molecule has 10 nitrogen and oxygen atoms in total. The minimum Gasteiger partial charge on any atom is -0.344 e. The van der Waals surface area contributed by atoms with Crippen molar-refractivity contribution in [1.29, 1.82) is 0 Å². The summed E-state index contributed by atoms with van der Waals surface area (Å²) in [6, 6.07) is 7.12. The van der Waals surface area contributed by atoms with Crippen molar-refractivity contribution in [2.45, 2.75) is 68.4 Å². The fraction of sp³-hybridized carbons (Fsp3) is 0.538. The van der Waals surface area contributed by atoms with E-state index < -0.39 is 22.1 Å². The number of nitrogens with two attached hydrogens (primary N) is 1. The summed E-state index contributed by atoms with van der Waals surface area (Å²) in [6.07, 6.45) is 5.53. The number of amides is 2. The number of carbonyl (C=O) groups is 3. The molecule has 3 atom stereocenters. The van der Waals surface area contributed by atoms with Crippen molar-refractivity contribution in [3.63, 3.8) is 0 Å². The summed E-state index contributed by atoms with van der Waals surface area (Å²) in [5.74, 6) is -1.20. The molecule has 1 unspecified atom stereocenters. The second kappa shape index (κ2) is 11.2. The fourth-order valence-electron chi connectivity index (χ4n) is 5.92. The number of aromatic nitrogens is 1. The van der Waals surface area contributed by atoms with E-state index in [4.69, 9.17) is 5.73 Å². The lowest BCUT2D eigenvalue weighted by molar-refractivity contribution is -0.143. The Morgan fingerprint density at radius 2 is 1.84 bits per heavy atom. The second-order valence-electron chi connectivity index (χ2n) is 10.4. The van der Waals surface area contributed by atoms with Crippen molar-refractivity contribution in [3.05, 3.63) is 52.5 Å². The quantitative estimate of drug-likeness (QED) is 0.467. The maximum Gasteiger partial charge on any atom is 0.243 e. The lowest BCUT2D eigenvalue weighted by atomic mass is 9.80. The average molecular weight is 560 g/mol. The highest BCUT2D eigenvalue weighted by Crippen LogP contribution is 2.32. The van der Waals surface area contributed by atoms with Crippen LogP contribution in [0.2, 0.25) is 0 Å². The van der Waals surface area contributed by atoms with Crippen molar-refractivity contribution in [2.24, 2.45) is 11.7 Å². The molecule has 0 spiro atoms. The third-order valence-electron chi connectivity index (χ3n) is 7.92. The highest BCUT2D eigenvalue weighted by molar-refractivity contribution is 7.88. The lowest BCUT2D eigenvalue weighted by Gasteiger charge is -2.39. The largest absolute Gasteiger partial charge is 0.344 e. The summed E-state index contributed by atoms with van der Waals surface area (Å²) in [4.78, 5) is 45.7. The van der Waals surface area contributed by atoms with Crippen LogP contribution < -0.4 is 11.1 Å². The van der Waals surface area contributed by atoms with Crippen LogP contribution in [-0.2, 0) is 25.4 Å². The molecular formula is C26H33N5O5S2. The first-order chi connectivity index (χ1) is 18.2. The second-order valence-corrected chi connectivity index (χ2v) is 13.3. The first kappa shape index (κ1) is 26.9. The Morgan fingerprint density at radius 1 is 1.11 bits per heavy atom. The number of nitrogens with one attached hydrogen (secondary N) is 1. The maximum atomic E-state index is 13.5. The molecule has 2 aromatic rings. The van der Waals surface area contributed by atoms with E-state index in [0.29, 0.717) is 23.4 Å². The lowest BCUT2D eigenvalue weighted by Crippen LogP contribution is -2.61. The number of piperazine rings is 1. The first-order valence-electron chi connectivity index (χ1n) is 13.1. The fourth-order valence-corrected chi connectivity index (χ4v) is 8.04. The molecule has 1 saturated carbocycles. The van der Waals surface area contributed by atoms with Crippen molar-refractivity contribution in [2.75, 3.05) is 13.1 Å². The number of Topliss-reactive ketones (excluding diaryl/α,β-unsaturated/α-hetero) is 1. The van der Waals surface area contributed by atoms with Gasteiger partial charge in [-0.25, -0.2) is 13.4 Å². The van der Waals surface area contributed by atoms with Gasteiger partial charge in [0, 0.05) is 30.2 Å². The molecule has 3 N–H and O–H groups in total. The Balaban J connectivity index is 1.28. The van der Waals surface area contributed by atoms with Gasteiger partial charge in [-0.1, -0.05) is 30.3 Å². The maximum absolute atomic E-state index is 13.5. The van der Waals surface area contributed by atoms with E-state index in [-0.39, 0.29) is 54.4 Å². The van der Waals surface area contributed by atoms with Crippen LogP contribution in [0.5, 0.6) is 0 Å². The van der Waals surface area contributed by atoms with E-state index in [1.54, 1.807) is 35.8 Å². The van der Waals surface area contributed by atoms with E-state index in [9.17, 15) is 22.8 Å². The van der Waals surface area contributed by atoms with E-state index in [2.05, 4.69) is 10.3 Å². The molecule has 3 aliphatic rings. The van der Waals surface area contributed by atoms with Gasteiger partial charge in [-0.2, -0.15) is 4.31 Å². The standard InChI is InChI=1S/C26H33N5O5S2/c27-19-8-6-18(7-9-19)23(24(33)26-28-12-13-37-26)29-25(34)21-11-10-20-14-30(15-22(32)31(20)21)38(35,36)16-17-4-2-1-3-5-17/h1-5,12-13,18-21,23H,6-11,14-16,27H2,(H,29,34)/t18?,19?,20-,21-,23?/m0/s1. The van der Waals surface area contributed by atoms with E-state index in [1.807, 2.05) is 6.07 Å². The zero-order chi connectivity index (χ0) is 26.9. The van der Waals surface area contributed by atoms with Crippen LogP contribution in [-0.4, -0.2) is 77.5 Å². The molecule has 3 heterocycles. The van der Waals surface area contributed by atoms with Gasteiger partial charge in [0.2, 0.25) is 27.6 Å². The molecule has 0 radical (unpaired) electrons. The predicted octanol–water partition coefficient (Wildman–Crippen LogP) is 1.53. The number of carbonyl (C=O) groups excluding carboxylic acids is 3. The number of thiazole rings is 1. The van der Waals surface area contributed by atoms with Gasteiger partial charge >= 0.3 is 0 Å². The van der Waals surface area contributed by atoms with Crippen LogP contribution in [0, 0.1) is 5.92 Å². The van der Waals surface area contributed by atoms with Gasteiger partial charge in [0.25, 0.3) is 0 Å². The van der Waals surface area contributed by atoms with Crippen LogP contribution in [0.25, 0.3) is 0 Å². The molecule has 0 bridgehead atoms. The first-order valence-corrected chi connectivity index (χ1v) is 15.5. The van der Waals surface area contributed by atoms with Gasteiger partial charge in [0.15, 0.2) is 5.01 Å². The zero-order valence-corrected chi connectivity index (χ0v) is 22.7. The van der Waals surface area contributed by atoms with Crippen molar-refractivity contribution < 1.29 is 22.8 Å². The normalized spacial score (nSPS) is 27.1. The predicted molar refractivity (Wildman–Crippen MR) is 143 cm³/mol. The van der Waals surface area contributed by atoms with Gasteiger partial charge in [-0.3, -0.25) is 14.4 Å². The molecule has 2 aliphatic heterocycles. The molecule has 1 aromatic heterocycles. The number of hydrogen-bond donors (Lipinski definition) is 2. The number of nitrogens with zero attached hydrogens (tertiary/aromatic N) is 3. The molecular weight excluding hydrogens is 526 g/mol. The summed E-state index contributed by atoms with van der Waals surface area (Å²) in [7, 11) is -3.70. The number of benzene rings is 1. The van der Waals surface area contributed by atoms with Gasteiger partial charge in [-0.15, -0.1) is 11.3 Å². The van der Waals surface area contributed by atoms with Gasteiger partial charge < -0.3 is 16.0 Å². The summed E-state index contributed by atoms with van der Waals surface area (Å²) in [5, 5.41) is 5.05. The molecule has 1 aromatic carbocycles. The minimum absolute atomic E-state index is 0.0528. The summed E-state index contributed by atoms with van der Waals surface area (Å²) < 4.78 is 27.4. The van der Waals surface area contributed by atoms with E-state index in [0.717, 1.165) is 25.7 Å². The van der Waals surface area contributed by atoms with Crippen molar-refractivity contribution in [1.82, 2.24) is 19.5 Å². The Bertz CT molecular complexity index is 1260. The Labute approximate surface area is 226 Å². The third-order valence-corrected chi connectivity index (χ3v) is 10.5. The molecule has 2 saturated heterocycles. The topological polar surface area (TPSA) is 143 Å². The van der Waals surface area contributed by atoms with Gasteiger partial charge in [-0.05, 0) is 50.0 Å². The molecule has 2 amide bonds. The van der Waals surface area contributed by atoms with Crippen LogP contribution in [0.15, 0.2) is 41.9 Å². The summed E-state index contributed by atoms with van der Waals surface area (Å²) >= 11 is 1.24. The Kier molecular flexibility index (Phi) is 7.94. The van der Waals surface area contributed by atoms with Crippen LogP contribution >= 0.6 is 11.3 Å². The van der Waals surface area contributed by atoms with E-state index in [1.165, 1.54) is 20.5 Å². The van der Waals surface area contributed by atoms with Crippen LogP contribution in [0.1, 0.15) is 53.9 Å². The number of sulfonamides is 1. The van der Waals surface area contributed by atoms with Crippen molar-refractivity contribution in [3.8, 4) is 0 Å². The number of fused-ring (bicyclic) bond motifs is 1. The van der Waals surface area contributed by atoms with Gasteiger partial charge in [0.05, 0.1) is 18.3 Å². The Morgan fingerprint density at radius 3 is 2.53 bits per heavy atom. The van der Waals surface area contributed by atoms with Gasteiger partial charge in [0.1, 0.15) is 6.04 Å². The Hall–Kier alpha value is -2.67. The molecule has 38 heavy (non-hydrogen) atoms. The minimum atomic E-state index is -3.70.